The molecule has 1 aromatic heterocycles. The van der Waals surface area contributed by atoms with Crippen LogP contribution in [0, 0.1) is 0 Å². The van der Waals surface area contributed by atoms with Gasteiger partial charge in [0.25, 0.3) is 0 Å². The number of rotatable bonds is 3. The number of aliphatic hydroxyl groups is 1. The second kappa shape index (κ2) is 4.17. The number of hydrogen-bond acceptors (Lipinski definition) is 5. The molecular formula is C10H15N5O2. The minimum absolute atomic E-state index is 0.0403. The van der Waals surface area contributed by atoms with Gasteiger partial charge in [0, 0.05) is 18.3 Å². The van der Waals surface area contributed by atoms with Crippen molar-refractivity contribution in [2.75, 3.05) is 17.2 Å². The van der Waals surface area contributed by atoms with Crippen molar-refractivity contribution in [3.63, 3.8) is 0 Å². The Morgan fingerprint density at radius 3 is 3.06 bits per heavy atom. The van der Waals surface area contributed by atoms with Crippen molar-refractivity contribution in [3.05, 3.63) is 11.8 Å². The minimum Gasteiger partial charge on any atom is -0.394 e. The van der Waals surface area contributed by atoms with Crippen LogP contribution in [0.1, 0.15) is 19.4 Å². The van der Waals surface area contributed by atoms with Gasteiger partial charge >= 0.3 is 6.03 Å². The highest BCUT2D eigenvalue weighted by atomic mass is 16.3. The fraction of sp³-hybridized carbons (Fsp3) is 0.500. The third kappa shape index (κ3) is 2.62. The van der Waals surface area contributed by atoms with E-state index in [1.165, 1.54) is 0 Å². The van der Waals surface area contributed by atoms with E-state index in [2.05, 4.69) is 25.9 Å². The van der Waals surface area contributed by atoms with Crippen molar-refractivity contribution < 1.29 is 9.90 Å². The van der Waals surface area contributed by atoms with Crippen molar-refractivity contribution >= 4 is 17.8 Å². The van der Waals surface area contributed by atoms with Crippen molar-refractivity contribution in [2.24, 2.45) is 0 Å². The van der Waals surface area contributed by atoms with E-state index in [-0.39, 0.29) is 12.6 Å². The number of fused-ring (bicyclic) bond motifs is 1. The summed E-state index contributed by atoms with van der Waals surface area (Å²) in [5.74, 6) is 0.880. The molecule has 0 aliphatic carbocycles. The van der Waals surface area contributed by atoms with Crippen LogP contribution in [-0.4, -0.2) is 33.3 Å². The summed E-state index contributed by atoms with van der Waals surface area (Å²) < 4.78 is 0. The molecule has 7 heteroatoms. The Bertz CT molecular complexity index is 446. The predicted octanol–water partition coefficient (Wildman–Crippen LogP) is 0.294. The standard InChI is InChI=1S/C10H15N5O2/c1-10(2,5-16)15-8-11-3-6-4-12-9(17)14-7(6)13-8/h3,16H,4-5H2,1-2H3,(H3,11,12,13,14,15,17). The molecule has 1 aliphatic rings. The average molecular weight is 237 g/mol. The van der Waals surface area contributed by atoms with Gasteiger partial charge in [-0.05, 0) is 13.8 Å². The Hall–Kier alpha value is -1.89. The van der Waals surface area contributed by atoms with E-state index in [0.29, 0.717) is 18.3 Å². The summed E-state index contributed by atoms with van der Waals surface area (Å²) >= 11 is 0. The molecule has 0 fully saturated rings. The summed E-state index contributed by atoms with van der Waals surface area (Å²) in [6.45, 7) is 4.04. The summed E-state index contributed by atoms with van der Waals surface area (Å²) in [6.07, 6.45) is 1.64. The van der Waals surface area contributed by atoms with Gasteiger partial charge in [0.1, 0.15) is 5.82 Å². The molecule has 1 aliphatic heterocycles. The van der Waals surface area contributed by atoms with E-state index in [1.54, 1.807) is 6.20 Å². The molecule has 0 saturated carbocycles. The number of nitrogens with one attached hydrogen (secondary N) is 3. The predicted molar refractivity (Wildman–Crippen MR) is 62.7 cm³/mol. The van der Waals surface area contributed by atoms with Crippen molar-refractivity contribution in [3.8, 4) is 0 Å². The lowest BCUT2D eigenvalue weighted by Crippen LogP contribution is -2.37. The molecular weight excluding hydrogens is 222 g/mol. The third-order valence-electron chi connectivity index (χ3n) is 2.38. The Labute approximate surface area is 98.7 Å². The monoisotopic (exact) mass is 237 g/mol. The molecule has 0 aromatic carbocycles. The van der Waals surface area contributed by atoms with Crippen LogP contribution in [0.15, 0.2) is 6.20 Å². The Morgan fingerprint density at radius 1 is 1.59 bits per heavy atom. The Morgan fingerprint density at radius 2 is 2.35 bits per heavy atom. The number of aromatic nitrogens is 2. The molecule has 1 aromatic rings. The summed E-state index contributed by atoms with van der Waals surface area (Å²) in [4.78, 5) is 19.5. The van der Waals surface area contributed by atoms with Gasteiger partial charge in [-0.3, -0.25) is 5.32 Å². The molecule has 0 spiro atoms. The summed E-state index contributed by atoms with van der Waals surface area (Å²) in [6, 6.07) is -0.274. The summed E-state index contributed by atoms with van der Waals surface area (Å²) in [5.41, 5.74) is 0.322. The lowest BCUT2D eigenvalue weighted by molar-refractivity contribution is 0.233. The van der Waals surface area contributed by atoms with Crippen LogP contribution in [0.4, 0.5) is 16.6 Å². The summed E-state index contributed by atoms with van der Waals surface area (Å²) in [7, 11) is 0. The highest BCUT2D eigenvalue weighted by Crippen LogP contribution is 2.18. The first kappa shape index (κ1) is 11.6. The maximum Gasteiger partial charge on any atom is 0.320 e. The molecule has 7 nitrogen and oxygen atoms in total. The van der Waals surface area contributed by atoms with Crippen LogP contribution < -0.4 is 16.0 Å². The number of amides is 2. The van der Waals surface area contributed by atoms with Gasteiger partial charge in [0.2, 0.25) is 5.95 Å². The fourth-order valence-corrected chi connectivity index (χ4v) is 1.37. The smallest absolute Gasteiger partial charge is 0.320 e. The Balaban J connectivity index is 2.21. The van der Waals surface area contributed by atoms with Crippen molar-refractivity contribution in [2.45, 2.75) is 25.9 Å². The quantitative estimate of drug-likeness (QED) is 0.605. The van der Waals surface area contributed by atoms with Gasteiger partial charge in [-0.25, -0.2) is 9.78 Å². The number of carbonyl (C=O) groups excluding carboxylic acids is 1. The highest BCUT2D eigenvalue weighted by molar-refractivity contribution is 5.91. The van der Waals surface area contributed by atoms with E-state index in [9.17, 15) is 4.79 Å². The maximum atomic E-state index is 11.1. The van der Waals surface area contributed by atoms with E-state index in [4.69, 9.17) is 5.11 Å². The van der Waals surface area contributed by atoms with Crippen LogP contribution in [0.25, 0.3) is 0 Å². The van der Waals surface area contributed by atoms with Gasteiger partial charge in [0.05, 0.1) is 12.1 Å². The zero-order valence-corrected chi connectivity index (χ0v) is 9.74. The molecule has 2 heterocycles. The molecule has 17 heavy (non-hydrogen) atoms. The van der Waals surface area contributed by atoms with E-state index >= 15 is 0 Å². The first-order chi connectivity index (χ1) is 8.00. The minimum atomic E-state index is -0.509. The van der Waals surface area contributed by atoms with Crippen molar-refractivity contribution in [1.29, 1.82) is 0 Å². The van der Waals surface area contributed by atoms with Gasteiger partial charge in [0.15, 0.2) is 0 Å². The third-order valence-corrected chi connectivity index (χ3v) is 2.38. The SMILES string of the molecule is CC(C)(CO)Nc1ncc2c(n1)NC(=O)NC2. The molecule has 0 radical (unpaired) electrons. The number of hydrogen-bond donors (Lipinski definition) is 4. The largest absolute Gasteiger partial charge is 0.394 e. The second-order valence-electron chi connectivity index (χ2n) is 4.54. The van der Waals surface area contributed by atoms with Crippen LogP contribution >= 0.6 is 0 Å². The van der Waals surface area contributed by atoms with E-state index in [1.807, 2.05) is 13.8 Å². The summed E-state index contributed by atoms with van der Waals surface area (Å²) in [5, 5.41) is 17.4. The number of carbonyl (C=O) groups is 1. The molecule has 4 N–H and O–H groups in total. The molecule has 2 rings (SSSR count). The van der Waals surface area contributed by atoms with Crippen LogP contribution in [0.2, 0.25) is 0 Å². The van der Waals surface area contributed by atoms with Gasteiger partial charge < -0.3 is 15.7 Å². The zero-order chi connectivity index (χ0) is 12.5. The van der Waals surface area contributed by atoms with Crippen LogP contribution in [0.3, 0.4) is 0 Å². The first-order valence-electron chi connectivity index (χ1n) is 5.30. The number of anilines is 2. The van der Waals surface area contributed by atoms with Gasteiger partial charge in [-0.15, -0.1) is 0 Å². The normalized spacial score (nSPS) is 14.6. The number of nitrogens with zero attached hydrogens (tertiary/aromatic N) is 2. The molecule has 0 unspecified atom stereocenters. The molecule has 0 atom stereocenters. The fourth-order valence-electron chi connectivity index (χ4n) is 1.37. The van der Waals surface area contributed by atoms with Crippen LogP contribution in [0.5, 0.6) is 0 Å². The lowest BCUT2D eigenvalue weighted by atomic mass is 10.1. The van der Waals surface area contributed by atoms with Crippen LogP contribution in [-0.2, 0) is 6.54 Å². The second-order valence-corrected chi connectivity index (χ2v) is 4.54. The van der Waals surface area contributed by atoms with E-state index in [0.717, 1.165) is 5.56 Å². The average Bonchev–Trinajstić information content (AvgIpc) is 2.28. The number of aliphatic hydroxyl groups excluding tert-OH is 1. The Kier molecular flexibility index (Phi) is 2.84. The van der Waals surface area contributed by atoms with Gasteiger partial charge in [-0.2, -0.15) is 4.98 Å². The topological polar surface area (TPSA) is 99.2 Å². The van der Waals surface area contributed by atoms with Gasteiger partial charge in [-0.1, -0.05) is 0 Å². The molecule has 92 valence electrons. The first-order valence-corrected chi connectivity index (χ1v) is 5.30. The molecule has 2 amide bonds. The zero-order valence-electron chi connectivity index (χ0n) is 9.74. The maximum absolute atomic E-state index is 11.1. The molecule has 0 bridgehead atoms. The lowest BCUT2D eigenvalue weighted by Gasteiger charge is -2.24. The van der Waals surface area contributed by atoms with Crippen molar-refractivity contribution in [1.82, 2.24) is 15.3 Å². The molecule has 0 saturated heterocycles. The highest BCUT2D eigenvalue weighted by Gasteiger charge is 2.20. The van der Waals surface area contributed by atoms with E-state index < -0.39 is 5.54 Å². The number of urea groups is 1.